The molecule has 0 bridgehead atoms. The zero-order chi connectivity index (χ0) is 15.0. The smallest absolute Gasteiger partial charge is 0.357 e. The van der Waals surface area contributed by atoms with Gasteiger partial charge in [-0.05, 0) is 6.07 Å². The summed E-state index contributed by atoms with van der Waals surface area (Å²) in [6, 6.07) is 7.67. The Kier molecular flexibility index (Phi) is 3.31. The summed E-state index contributed by atoms with van der Waals surface area (Å²) in [5.74, 6) is -0.727. The van der Waals surface area contributed by atoms with Gasteiger partial charge in [0.05, 0.1) is 12.7 Å². The lowest BCUT2D eigenvalue weighted by molar-refractivity contribution is 0.0595. The molecule has 0 fully saturated rings. The van der Waals surface area contributed by atoms with Crippen LogP contribution in [0.4, 0.5) is 0 Å². The van der Waals surface area contributed by atoms with Crippen molar-refractivity contribution in [1.82, 2.24) is 9.55 Å². The molecule has 0 aliphatic heterocycles. The molecule has 3 rings (SSSR count). The van der Waals surface area contributed by atoms with E-state index < -0.39 is 5.97 Å². The highest BCUT2D eigenvalue weighted by atomic mass is 32.1. The average Bonchev–Trinajstić information content (AvgIpc) is 3.12. The monoisotopic (exact) mass is 300 g/mol. The molecule has 0 amide bonds. The number of hydrogen-bond donors (Lipinski definition) is 0. The second kappa shape index (κ2) is 5.14. The Hall–Kier alpha value is -2.47. The van der Waals surface area contributed by atoms with Crippen molar-refractivity contribution in [2.45, 2.75) is 0 Å². The van der Waals surface area contributed by atoms with Crippen molar-refractivity contribution in [1.29, 1.82) is 0 Å². The van der Waals surface area contributed by atoms with Crippen molar-refractivity contribution >= 4 is 34.0 Å². The maximum atomic E-state index is 12.6. The molecular formula is C15H12N2O3S. The SMILES string of the molecule is COC(=O)c1csc(C(=O)c2cn(C)c3ccccc23)n1. The number of benzene rings is 1. The molecule has 0 aliphatic carbocycles. The lowest BCUT2D eigenvalue weighted by atomic mass is 10.1. The highest BCUT2D eigenvalue weighted by Crippen LogP contribution is 2.24. The molecule has 0 spiro atoms. The zero-order valence-corrected chi connectivity index (χ0v) is 12.3. The van der Waals surface area contributed by atoms with Gasteiger partial charge in [0, 0.05) is 29.5 Å². The first-order valence-corrected chi connectivity index (χ1v) is 7.12. The number of aromatic nitrogens is 2. The quantitative estimate of drug-likeness (QED) is 0.551. The van der Waals surface area contributed by atoms with Gasteiger partial charge in [-0.1, -0.05) is 18.2 Å². The van der Waals surface area contributed by atoms with E-state index in [0.717, 1.165) is 22.2 Å². The highest BCUT2D eigenvalue weighted by Gasteiger charge is 2.20. The van der Waals surface area contributed by atoms with Crippen LogP contribution in [-0.2, 0) is 11.8 Å². The summed E-state index contributed by atoms with van der Waals surface area (Å²) in [4.78, 5) is 28.0. The molecule has 0 aliphatic rings. The number of ketones is 1. The van der Waals surface area contributed by atoms with Gasteiger partial charge in [0.15, 0.2) is 10.7 Å². The van der Waals surface area contributed by atoms with Crippen molar-refractivity contribution in [3.05, 3.63) is 52.1 Å². The van der Waals surface area contributed by atoms with Crippen molar-refractivity contribution < 1.29 is 14.3 Å². The van der Waals surface area contributed by atoms with Crippen LogP contribution in [0.25, 0.3) is 10.9 Å². The third-order valence-corrected chi connectivity index (χ3v) is 4.08. The molecule has 2 aromatic heterocycles. The number of methoxy groups -OCH3 is 1. The maximum absolute atomic E-state index is 12.6. The van der Waals surface area contributed by atoms with Crippen LogP contribution in [0.5, 0.6) is 0 Å². The van der Waals surface area contributed by atoms with E-state index in [9.17, 15) is 9.59 Å². The minimum atomic E-state index is -0.539. The average molecular weight is 300 g/mol. The molecular weight excluding hydrogens is 288 g/mol. The fourth-order valence-corrected chi connectivity index (χ4v) is 2.95. The standard InChI is InChI=1S/C15H12N2O3S/c1-17-7-10(9-5-3-4-6-12(9)17)13(18)14-16-11(8-21-14)15(19)20-2/h3-8H,1-2H3. The summed E-state index contributed by atoms with van der Waals surface area (Å²) < 4.78 is 6.50. The number of aryl methyl sites for hydroxylation is 1. The number of thiazole rings is 1. The molecule has 106 valence electrons. The second-order valence-corrected chi connectivity index (χ2v) is 5.39. The van der Waals surface area contributed by atoms with E-state index >= 15 is 0 Å². The summed E-state index contributed by atoms with van der Waals surface area (Å²) in [5.41, 5.74) is 1.72. The number of carbonyl (C=O) groups is 2. The van der Waals surface area contributed by atoms with Crippen LogP contribution >= 0.6 is 11.3 Å². The highest BCUT2D eigenvalue weighted by molar-refractivity contribution is 7.12. The molecule has 1 aromatic carbocycles. The molecule has 0 unspecified atom stereocenters. The Labute approximate surface area is 124 Å². The van der Waals surface area contributed by atoms with Crippen LogP contribution in [0, 0.1) is 0 Å². The van der Waals surface area contributed by atoms with Crippen molar-refractivity contribution in [3.8, 4) is 0 Å². The molecule has 0 saturated carbocycles. The fraction of sp³-hybridized carbons (Fsp3) is 0.133. The molecule has 0 atom stereocenters. The van der Waals surface area contributed by atoms with Gasteiger partial charge in [0.2, 0.25) is 5.78 Å². The predicted octanol–water partition coefficient (Wildman–Crippen LogP) is 2.65. The number of hydrogen-bond acceptors (Lipinski definition) is 5. The molecule has 21 heavy (non-hydrogen) atoms. The summed E-state index contributed by atoms with van der Waals surface area (Å²) in [6.45, 7) is 0. The minimum Gasteiger partial charge on any atom is -0.464 e. The number of esters is 1. The van der Waals surface area contributed by atoms with Gasteiger partial charge in [-0.3, -0.25) is 4.79 Å². The van der Waals surface area contributed by atoms with Gasteiger partial charge in [0.1, 0.15) is 0 Å². The summed E-state index contributed by atoms with van der Waals surface area (Å²) >= 11 is 1.14. The zero-order valence-electron chi connectivity index (χ0n) is 11.5. The number of ether oxygens (including phenoxy) is 1. The van der Waals surface area contributed by atoms with Crippen LogP contribution in [-0.4, -0.2) is 28.4 Å². The van der Waals surface area contributed by atoms with E-state index in [-0.39, 0.29) is 16.5 Å². The topological polar surface area (TPSA) is 61.2 Å². The van der Waals surface area contributed by atoms with E-state index in [2.05, 4.69) is 9.72 Å². The van der Waals surface area contributed by atoms with Crippen LogP contribution in [0.1, 0.15) is 25.9 Å². The first kappa shape index (κ1) is 13.5. The molecule has 6 heteroatoms. The first-order valence-electron chi connectivity index (χ1n) is 6.24. The lowest BCUT2D eigenvalue weighted by Gasteiger charge is -1.95. The lowest BCUT2D eigenvalue weighted by Crippen LogP contribution is -2.04. The Bertz CT molecular complexity index is 848. The molecule has 5 nitrogen and oxygen atoms in total. The van der Waals surface area contributed by atoms with Crippen LogP contribution < -0.4 is 0 Å². The number of nitrogens with zero attached hydrogens (tertiary/aromatic N) is 2. The normalized spacial score (nSPS) is 10.8. The Morgan fingerprint density at radius 1 is 1.29 bits per heavy atom. The molecule has 3 aromatic rings. The summed E-state index contributed by atoms with van der Waals surface area (Å²) in [6.07, 6.45) is 1.78. The number of para-hydroxylation sites is 1. The number of fused-ring (bicyclic) bond motifs is 1. The third-order valence-electron chi connectivity index (χ3n) is 3.23. The first-order chi connectivity index (χ1) is 10.1. The minimum absolute atomic E-state index is 0.158. The van der Waals surface area contributed by atoms with Crippen LogP contribution in [0.3, 0.4) is 0 Å². The van der Waals surface area contributed by atoms with E-state index in [1.807, 2.05) is 35.9 Å². The van der Waals surface area contributed by atoms with E-state index in [0.29, 0.717) is 5.56 Å². The predicted molar refractivity (Wildman–Crippen MR) is 79.8 cm³/mol. The number of carbonyl (C=O) groups excluding carboxylic acids is 2. The Balaban J connectivity index is 2.05. The van der Waals surface area contributed by atoms with Crippen LogP contribution in [0.15, 0.2) is 35.8 Å². The second-order valence-electron chi connectivity index (χ2n) is 4.53. The third kappa shape index (κ3) is 2.23. The van der Waals surface area contributed by atoms with Gasteiger partial charge in [-0.15, -0.1) is 11.3 Å². The Morgan fingerprint density at radius 3 is 2.81 bits per heavy atom. The maximum Gasteiger partial charge on any atom is 0.357 e. The van der Waals surface area contributed by atoms with Crippen molar-refractivity contribution in [3.63, 3.8) is 0 Å². The van der Waals surface area contributed by atoms with Crippen molar-refractivity contribution in [2.24, 2.45) is 7.05 Å². The van der Waals surface area contributed by atoms with Gasteiger partial charge >= 0.3 is 5.97 Å². The summed E-state index contributed by atoms with van der Waals surface area (Å²) in [7, 11) is 3.18. The van der Waals surface area contributed by atoms with Crippen molar-refractivity contribution in [2.75, 3.05) is 7.11 Å². The van der Waals surface area contributed by atoms with Gasteiger partial charge < -0.3 is 9.30 Å². The number of rotatable bonds is 3. The Morgan fingerprint density at radius 2 is 2.05 bits per heavy atom. The molecule has 0 N–H and O–H groups in total. The molecule has 2 heterocycles. The molecule has 0 saturated heterocycles. The largest absolute Gasteiger partial charge is 0.464 e. The molecule has 0 radical (unpaired) electrons. The van der Waals surface area contributed by atoms with Crippen LogP contribution in [0.2, 0.25) is 0 Å². The van der Waals surface area contributed by atoms with Gasteiger partial charge in [-0.25, -0.2) is 9.78 Å². The summed E-state index contributed by atoms with van der Waals surface area (Å²) in [5, 5.41) is 2.69. The van der Waals surface area contributed by atoms with Gasteiger partial charge in [0.25, 0.3) is 0 Å². The van der Waals surface area contributed by atoms with Gasteiger partial charge in [-0.2, -0.15) is 0 Å². The van der Waals surface area contributed by atoms with E-state index in [4.69, 9.17) is 0 Å². The van der Waals surface area contributed by atoms with E-state index in [1.54, 1.807) is 6.20 Å². The van der Waals surface area contributed by atoms with E-state index in [1.165, 1.54) is 12.5 Å². The fourth-order valence-electron chi connectivity index (χ4n) is 2.21.